The van der Waals surface area contributed by atoms with E-state index in [0.717, 1.165) is 25.0 Å². The second kappa shape index (κ2) is 14.5. The molecule has 1 fully saturated rings. The maximum Gasteiger partial charge on any atom is 0.222 e. The summed E-state index contributed by atoms with van der Waals surface area (Å²) in [6.07, 6.45) is 2.44. The Morgan fingerprint density at radius 1 is 1.38 bits per heavy atom. The fourth-order valence-corrected chi connectivity index (χ4v) is 2.88. The quantitative estimate of drug-likeness (QED) is 0.178. The largest absolute Gasteiger partial charge is 0.379 e. The van der Waals surface area contributed by atoms with Gasteiger partial charge >= 0.3 is 0 Å². The Morgan fingerprint density at radius 3 is 2.76 bits per heavy atom. The number of amides is 1. The standard InChI is InChI=1S/C20H31FN4O3.HI/c1-2-23-20(24-9-3-10-28-18-8-11-27-14-18)25-13-16(19(22)26)12-15-4-6-17(21)7-5-15;/h4-7,16,18H,2-3,8-14H2,1H3,(H2,22,26)(H2,23,24,25);1H. The van der Waals surface area contributed by atoms with Crippen molar-refractivity contribution < 1.29 is 18.7 Å². The van der Waals surface area contributed by atoms with Gasteiger partial charge in [0, 0.05) is 26.3 Å². The highest BCUT2D eigenvalue weighted by Gasteiger charge is 2.17. The van der Waals surface area contributed by atoms with Crippen molar-refractivity contribution in [2.75, 3.05) is 39.5 Å². The lowest BCUT2D eigenvalue weighted by molar-refractivity contribution is -0.121. The predicted octanol–water partition coefficient (Wildman–Crippen LogP) is 1.84. The number of benzene rings is 1. The van der Waals surface area contributed by atoms with Gasteiger partial charge in [0.1, 0.15) is 5.82 Å². The van der Waals surface area contributed by atoms with Gasteiger partial charge in [0.15, 0.2) is 5.96 Å². The highest BCUT2D eigenvalue weighted by Crippen LogP contribution is 2.11. The lowest BCUT2D eigenvalue weighted by Crippen LogP contribution is -2.39. The lowest BCUT2D eigenvalue weighted by Gasteiger charge is -2.15. The van der Waals surface area contributed by atoms with Gasteiger partial charge in [-0.05, 0) is 43.9 Å². The van der Waals surface area contributed by atoms with E-state index in [4.69, 9.17) is 15.2 Å². The van der Waals surface area contributed by atoms with Crippen LogP contribution in [0.4, 0.5) is 4.39 Å². The first kappa shape index (κ1) is 25.6. The zero-order valence-corrected chi connectivity index (χ0v) is 19.2. The van der Waals surface area contributed by atoms with E-state index in [0.29, 0.717) is 38.7 Å². The summed E-state index contributed by atoms with van der Waals surface area (Å²) >= 11 is 0. The molecule has 1 heterocycles. The van der Waals surface area contributed by atoms with Gasteiger partial charge < -0.3 is 25.8 Å². The number of rotatable bonds is 11. The smallest absolute Gasteiger partial charge is 0.222 e. The molecule has 164 valence electrons. The van der Waals surface area contributed by atoms with Gasteiger partial charge in [-0.2, -0.15) is 0 Å². The van der Waals surface area contributed by atoms with Crippen molar-refractivity contribution >= 4 is 35.8 Å². The average molecular weight is 522 g/mol. The van der Waals surface area contributed by atoms with Gasteiger partial charge in [-0.1, -0.05) is 12.1 Å². The molecule has 1 saturated heterocycles. The number of hydrogen-bond donors (Lipinski definition) is 3. The third kappa shape index (κ3) is 10.2. The molecule has 4 N–H and O–H groups in total. The molecule has 0 aliphatic carbocycles. The normalized spacial score (nSPS) is 17.4. The number of carbonyl (C=O) groups excluding carboxylic acids is 1. The first-order valence-corrected chi connectivity index (χ1v) is 9.83. The SMILES string of the molecule is CCNC(=NCC(Cc1ccc(F)cc1)C(N)=O)NCCCOC1CCOC1.I. The monoisotopic (exact) mass is 522 g/mol. The number of nitrogens with two attached hydrogens (primary N) is 1. The van der Waals surface area contributed by atoms with Gasteiger partial charge in [0.05, 0.1) is 25.2 Å². The number of guanidine groups is 1. The Labute approximate surface area is 189 Å². The number of ether oxygens (including phenoxy) is 2. The van der Waals surface area contributed by atoms with E-state index in [1.54, 1.807) is 12.1 Å². The van der Waals surface area contributed by atoms with Gasteiger partial charge in [-0.15, -0.1) is 24.0 Å². The number of halogens is 2. The molecule has 0 aromatic heterocycles. The predicted molar refractivity (Wildman–Crippen MR) is 122 cm³/mol. The first-order chi connectivity index (χ1) is 13.6. The van der Waals surface area contributed by atoms with Crippen molar-refractivity contribution in [2.45, 2.75) is 32.3 Å². The summed E-state index contributed by atoms with van der Waals surface area (Å²) in [5.41, 5.74) is 6.38. The van der Waals surface area contributed by atoms with Crippen LogP contribution >= 0.6 is 24.0 Å². The van der Waals surface area contributed by atoms with E-state index < -0.39 is 11.8 Å². The maximum absolute atomic E-state index is 13.0. The Balaban J connectivity index is 0.00000420. The molecule has 29 heavy (non-hydrogen) atoms. The molecule has 1 aromatic rings. The molecule has 9 heteroatoms. The second-order valence-electron chi connectivity index (χ2n) is 6.79. The number of nitrogens with zero attached hydrogens (tertiary/aromatic N) is 1. The van der Waals surface area contributed by atoms with Crippen LogP contribution in [0.15, 0.2) is 29.3 Å². The summed E-state index contributed by atoms with van der Waals surface area (Å²) in [7, 11) is 0. The second-order valence-corrected chi connectivity index (χ2v) is 6.79. The zero-order chi connectivity index (χ0) is 20.2. The van der Waals surface area contributed by atoms with E-state index in [2.05, 4.69) is 15.6 Å². The van der Waals surface area contributed by atoms with Crippen molar-refractivity contribution in [3.8, 4) is 0 Å². The summed E-state index contributed by atoms with van der Waals surface area (Å²) < 4.78 is 24.1. The molecule has 7 nitrogen and oxygen atoms in total. The van der Waals surface area contributed by atoms with Crippen LogP contribution in [0.3, 0.4) is 0 Å². The minimum absolute atomic E-state index is 0. The molecular formula is C20H32FIN4O3. The highest BCUT2D eigenvalue weighted by molar-refractivity contribution is 14.0. The Hall–Kier alpha value is -1.46. The molecule has 1 aromatic carbocycles. The number of aliphatic imine (C=N–C) groups is 1. The van der Waals surface area contributed by atoms with Crippen LogP contribution in [0.25, 0.3) is 0 Å². The Bertz CT molecular complexity index is 625. The van der Waals surface area contributed by atoms with Crippen LogP contribution in [0.1, 0.15) is 25.3 Å². The van der Waals surface area contributed by atoms with Gasteiger partial charge in [0.2, 0.25) is 5.91 Å². The van der Waals surface area contributed by atoms with Crippen molar-refractivity contribution in [3.63, 3.8) is 0 Å². The average Bonchev–Trinajstić information content (AvgIpc) is 3.19. The minimum atomic E-state index is -0.452. The van der Waals surface area contributed by atoms with E-state index in [9.17, 15) is 9.18 Å². The molecule has 1 aliphatic heterocycles. The summed E-state index contributed by atoms with van der Waals surface area (Å²) in [4.78, 5) is 16.3. The molecule has 0 spiro atoms. The number of primary amides is 1. The van der Waals surface area contributed by atoms with Crippen molar-refractivity contribution in [1.29, 1.82) is 0 Å². The molecular weight excluding hydrogens is 490 g/mol. The lowest BCUT2D eigenvalue weighted by atomic mass is 9.99. The van der Waals surface area contributed by atoms with Crippen molar-refractivity contribution in [2.24, 2.45) is 16.6 Å². The summed E-state index contributed by atoms with van der Waals surface area (Å²) in [6, 6.07) is 6.08. The first-order valence-electron chi connectivity index (χ1n) is 9.83. The number of carbonyl (C=O) groups is 1. The minimum Gasteiger partial charge on any atom is -0.379 e. The van der Waals surface area contributed by atoms with Gasteiger partial charge in [-0.25, -0.2) is 4.39 Å². The number of hydrogen-bond acceptors (Lipinski definition) is 4. The zero-order valence-electron chi connectivity index (χ0n) is 16.9. The van der Waals surface area contributed by atoms with Crippen LogP contribution < -0.4 is 16.4 Å². The summed E-state index contributed by atoms with van der Waals surface area (Å²) in [5, 5.41) is 6.39. The molecule has 1 amide bonds. The van der Waals surface area contributed by atoms with E-state index in [1.807, 2.05) is 6.92 Å². The van der Waals surface area contributed by atoms with E-state index in [1.165, 1.54) is 12.1 Å². The van der Waals surface area contributed by atoms with Crippen LogP contribution in [-0.2, 0) is 20.7 Å². The molecule has 2 atom stereocenters. The molecule has 0 radical (unpaired) electrons. The highest BCUT2D eigenvalue weighted by atomic mass is 127. The topological polar surface area (TPSA) is 98.0 Å². The van der Waals surface area contributed by atoms with Crippen LogP contribution in [0, 0.1) is 11.7 Å². The van der Waals surface area contributed by atoms with Crippen molar-refractivity contribution in [3.05, 3.63) is 35.6 Å². The van der Waals surface area contributed by atoms with Crippen LogP contribution in [0.5, 0.6) is 0 Å². The van der Waals surface area contributed by atoms with E-state index >= 15 is 0 Å². The Kier molecular flexibility index (Phi) is 12.8. The van der Waals surface area contributed by atoms with Crippen LogP contribution in [-0.4, -0.2) is 57.4 Å². The summed E-state index contributed by atoms with van der Waals surface area (Å²) in [5.74, 6) is -0.541. The molecule has 1 aliphatic rings. The third-order valence-corrected chi connectivity index (χ3v) is 4.47. The molecule has 0 saturated carbocycles. The van der Waals surface area contributed by atoms with Crippen LogP contribution in [0.2, 0.25) is 0 Å². The van der Waals surface area contributed by atoms with E-state index in [-0.39, 0.29) is 42.4 Å². The molecule has 0 bridgehead atoms. The van der Waals surface area contributed by atoms with Crippen molar-refractivity contribution in [1.82, 2.24) is 10.6 Å². The van der Waals surface area contributed by atoms with Gasteiger partial charge in [-0.3, -0.25) is 9.79 Å². The maximum atomic E-state index is 13.0. The third-order valence-electron chi connectivity index (χ3n) is 4.47. The van der Waals surface area contributed by atoms with Gasteiger partial charge in [0.25, 0.3) is 0 Å². The fourth-order valence-electron chi connectivity index (χ4n) is 2.88. The fraction of sp³-hybridized carbons (Fsp3) is 0.600. The Morgan fingerprint density at radius 2 is 2.14 bits per heavy atom. The molecule has 2 rings (SSSR count). The number of nitrogens with one attached hydrogen (secondary N) is 2. The summed E-state index contributed by atoms with van der Waals surface area (Å²) in [6.45, 7) is 5.77. The molecule has 2 unspecified atom stereocenters.